The minimum Gasteiger partial charge on any atom is -0.295 e. The molecule has 0 spiro atoms. The molecule has 1 rings (SSSR count). The SMILES string of the molecule is CC(=O)/C=C/c1ccc([N+](=O)[O-])s1. The summed E-state index contributed by atoms with van der Waals surface area (Å²) in [4.78, 5) is 21.1. The van der Waals surface area contributed by atoms with Gasteiger partial charge < -0.3 is 0 Å². The molecule has 1 aromatic rings. The molecule has 68 valence electrons. The Morgan fingerprint density at radius 3 is 2.77 bits per heavy atom. The van der Waals surface area contributed by atoms with E-state index in [1.807, 2.05) is 0 Å². The summed E-state index contributed by atoms with van der Waals surface area (Å²) >= 11 is 1.04. The first-order chi connectivity index (χ1) is 6.09. The molecule has 0 N–H and O–H groups in total. The zero-order valence-corrected chi connectivity index (χ0v) is 7.71. The molecular weight excluding hydrogens is 190 g/mol. The highest BCUT2D eigenvalue weighted by molar-refractivity contribution is 7.16. The van der Waals surface area contributed by atoms with E-state index in [4.69, 9.17) is 0 Å². The van der Waals surface area contributed by atoms with E-state index < -0.39 is 4.92 Å². The summed E-state index contributed by atoms with van der Waals surface area (Å²) < 4.78 is 0. The molecule has 4 nitrogen and oxygen atoms in total. The van der Waals surface area contributed by atoms with Crippen molar-refractivity contribution in [1.82, 2.24) is 0 Å². The summed E-state index contributed by atoms with van der Waals surface area (Å²) in [5, 5.41) is 10.4. The number of thiophene rings is 1. The lowest BCUT2D eigenvalue weighted by molar-refractivity contribution is -0.380. The molecule has 0 amide bonds. The van der Waals surface area contributed by atoms with Crippen LogP contribution in [-0.4, -0.2) is 10.7 Å². The lowest BCUT2D eigenvalue weighted by atomic mass is 10.3. The summed E-state index contributed by atoms with van der Waals surface area (Å²) in [6.45, 7) is 1.43. The highest BCUT2D eigenvalue weighted by Crippen LogP contribution is 2.24. The van der Waals surface area contributed by atoms with Crippen LogP contribution in [0.25, 0.3) is 6.08 Å². The van der Waals surface area contributed by atoms with Crippen molar-refractivity contribution in [1.29, 1.82) is 0 Å². The molecule has 0 aliphatic carbocycles. The summed E-state index contributed by atoms with van der Waals surface area (Å²) in [5.74, 6) is -0.0731. The average molecular weight is 197 g/mol. The minimum absolute atomic E-state index is 0.0731. The Balaban J connectivity index is 2.80. The number of nitro groups is 1. The van der Waals surface area contributed by atoms with E-state index in [-0.39, 0.29) is 10.8 Å². The largest absolute Gasteiger partial charge is 0.324 e. The number of allylic oxidation sites excluding steroid dienone is 1. The highest BCUT2D eigenvalue weighted by Gasteiger charge is 2.07. The van der Waals surface area contributed by atoms with Crippen molar-refractivity contribution in [3.05, 3.63) is 33.2 Å². The summed E-state index contributed by atoms with van der Waals surface area (Å²) in [7, 11) is 0. The van der Waals surface area contributed by atoms with Crippen molar-refractivity contribution in [2.24, 2.45) is 0 Å². The molecule has 0 saturated carbocycles. The third kappa shape index (κ3) is 2.79. The van der Waals surface area contributed by atoms with Crippen molar-refractivity contribution < 1.29 is 9.72 Å². The first kappa shape index (κ1) is 9.60. The van der Waals surface area contributed by atoms with Gasteiger partial charge in [-0.1, -0.05) is 11.3 Å². The van der Waals surface area contributed by atoms with E-state index in [1.54, 1.807) is 12.1 Å². The number of carbonyl (C=O) groups excluding carboxylic acids is 1. The van der Waals surface area contributed by atoms with Crippen LogP contribution in [0.2, 0.25) is 0 Å². The monoisotopic (exact) mass is 197 g/mol. The predicted octanol–water partition coefficient (Wildman–Crippen LogP) is 2.26. The normalized spacial score (nSPS) is 10.5. The molecule has 13 heavy (non-hydrogen) atoms. The lowest BCUT2D eigenvalue weighted by Crippen LogP contribution is -1.80. The van der Waals surface area contributed by atoms with E-state index in [1.165, 1.54) is 19.1 Å². The van der Waals surface area contributed by atoms with E-state index in [9.17, 15) is 14.9 Å². The van der Waals surface area contributed by atoms with Gasteiger partial charge in [-0.05, 0) is 25.1 Å². The second kappa shape index (κ2) is 3.95. The van der Waals surface area contributed by atoms with Crippen molar-refractivity contribution in [3.63, 3.8) is 0 Å². The molecule has 5 heteroatoms. The minimum atomic E-state index is -0.449. The number of rotatable bonds is 3. The van der Waals surface area contributed by atoms with Crippen molar-refractivity contribution >= 4 is 28.2 Å². The number of hydrogen-bond donors (Lipinski definition) is 0. The third-order valence-corrected chi connectivity index (χ3v) is 2.28. The Morgan fingerprint density at radius 1 is 1.62 bits per heavy atom. The zero-order chi connectivity index (χ0) is 9.84. The van der Waals surface area contributed by atoms with Crippen molar-refractivity contribution in [3.8, 4) is 0 Å². The molecule has 0 aliphatic heterocycles. The standard InChI is InChI=1S/C8H7NO3S/c1-6(10)2-3-7-4-5-8(13-7)9(11)12/h2-5H,1H3/b3-2+. The highest BCUT2D eigenvalue weighted by atomic mass is 32.1. The van der Waals surface area contributed by atoms with Crippen LogP contribution in [0.15, 0.2) is 18.2 Å². The van der Waals surface area contributed by atoms with E-state index in [0.29, 0.717) is 4.88 Å². The van der Waals surface area contributed by atoms with E-state index in [0.717, 1.165) is 11.3 Å². The van der Waals surface area contributed by atoms with Crippen molar-refractivity contribution in [2.45, 2.75) is 6.92 Å². The Kier molecular flexibility index (Phi) is 2.92. The van der Waals surface area contributed by atoms with Crippen LogP contribution in [-0.2, 0) is 4.79 Å². The van der Waals surface area contributed by atoms with Gasteiger partial charge >= 0.3 is 5.00 Å². The first-order valence-corrected chi connectivity index (χ1v) is 4.34. The fourth-order valence-corrected chi connectivity index (χ4v) is 1.45. The van der Waals surface area contributed by atoms with Gasteiger partial charge in [0.1, 0.15) is 0 Å². The Bertz CT molecular complexity index is 367. The Morgan fingerprint density at radius 2 is 2.31 bits per heavy atom. The summed E-state index contributed by atoms with van der Waals surface area (Å²) in [6, 6.07) is 3.03. The summed E-state index contributed by atoms with van der Waals surface area (Å²) in [5.41, 5.74) is 0. The smallest absolute Gasteiger partial charge is 0.295 e. The second-order valence-electron chi connectivity index (χ2n) is 2.38. The molecule has 0 aliphatic rings. The number of carbonyl (C=O) groups is 1. The maximum atomic E-state index is 10.5. The van der Waals surface area contributed by atoms with E-state index >= 15 is 0 Å². The van der Waals surface area contributed by atoms with Gasteiger partial charge in [0, 0.05) is 10.9 Å². The molecule has 0 radical (unpaired) electrons. The van der Waals surface area contributed by atoms with Gasteiger partial charge in [-0.3, -0.25) is 14.9 Å². The fourth-order valence-electron chi connectivity index (χ4n) is 0.729. The molecule has 0 aromatic carbocycles. The molecule has 1 aromatic heterocycles. The van der Waals surface area contributed by atoms with Gasteiger partial charge in [0.05, 0.1) is 4.92 Å². The Hall–Kier alpha value is -1.49. The van der Waals surface area contributed by atoms with Gasteiger partial charge in [-0.2, -0.15) is 0 Å². The van der Waals surface area contributed by atoms with Crippen LogP contribution >= 0.6 is 11.3 Å². The van der Waals surface area contributed by atoms with Gasteiger partial charge in [0.15, 0.2) is 5.78 Å². The van der Waals surface area contributed by atoms with Gasteiger partial charge in [-0.25, -0.2) is 0 Å². The van der Waals surface area contributed by atoms with Crippen LogP contribution in [0.3, 0.4) is 0 Å². The van der Waals surface area contributed by atoms with Crippen LogP contribution in [0, 0.1) is 10.1 Å². The zero-order valence-electron chi connectivity index (χ0n) is 6.89. The Labute approximate surface area is 78.7 Å². The molecule has 1 heterocycles. The van der Waals surface area contributed by atoms with E-state index in [2.05, 4.69) is 0 Å². The van der Waals surface area contributed by atoms with Gasteiger partial charge in [0.25, 0.3) is 0 Å². The number of nitrogens with zero attached hydrogens (tertiary/aromatic N) is 1. The van der Waals surface area contributed by atoms with Gasteiger partial charge in [-0.15, -0.1) is 0 Å². The topological polar surface area (TPSA) is 60.2 Å². The molecule has 0 fully saturated rings. The molecule has 0 bridgehead atoms. The van der Waals surface area contributed by atoms with Gasteiger partial charge in [0.2, 0.25) is 0 Å². The summed E-state index contributed by atoms with van der Waals surface area (Å²) in [6.07, 6.45) is 2.95. The maximum absolute atomic E-state index is 10.5. The number of ketones is 1. The first-order valence-electron chi connectivity index (χ1n) is 3.52. The average Bonchev–Trinajstić information content (AvgIpc) is 2.48. The maximum Gasteiger partial charge on any atom is 0.324 e. The predicted molar refractivity (Wildman–Crippen MR) is 50.7 cm³/mol. The molecule has 0 unspecified atom stereocenters. The third-order valence-electron chi connectivity index (χ3n) is 1.27. The quantitative estimate of drug-likeness (QED) is 0.424. The number of hydrogen-bond acceptors (Lipinski definition) is 4. The van der Waals surface area contributed by atoms with Crippen LogP contribution in [0.4, 0.5) is 5.00 Å². The lowest BCUT2D eigenvalue weighted by Gasteiger charge is -1.81. The molecular formula is C8H7NO3S. The van der Waals surface area contributed by atoms with Crippen LogP contribution < -0.4 is 0 Å². The van der Waals surface area contributed by atoms with Crippen LogP contribution in [0.1, 0.15) is 11.8 Å². The second-order valence-corrected chi connectivity index (χ2v) is 3.47. The van der Waals surface area contributed by atoms with Crippen molar-refractivity contribution in [2.75, 3.05) is 0 Å². The molecule has 0 saturated heterocycles. The molecule has 0 atom stereocenters. The fraction of sp³-hybridized carbons (Fsp3) is 0.125. The van der Waals surface area contributed by atoms with Crippen LogP contribution in [0.5, 0.6) is 0 Å².